The van der Waals surface area contributed by atoms with Crippen molar-refractivity contribution < 1.29 is 15.0 Å². The van der Waals surface area contributed by atoms with Gasteiger partial charge in [-0.3, -0.25) is 4.79 Å². The molecule has 0 radical (unpaired) electrons. The lowest BCUT2D eigenvalue weighted by Crippen LogP contribution is -2.30. The molecule has 5 N–H and O–H groups in total. The summed E-state index contributed by atoms with van der Waals surface area (Å²) in [5.41, 5.74) is 7.40. The van der Waals surface area contributed by atoms with Gasteiger partial charge in [0.1, 0.15) is 5.75 Å². The number of aromatic carboxylic acids is 1. The average Bonchev–Trinajstić information content (AvgIpc) is 2.92. The second-order valence-electron chi connectivity index (χ2n) is 7.55. The molecule has 4 rings (SSSR count). The predicted molar refractivity (Wildman–Crippen MR) is 97.6 cm³/mol. The number of carboxylic acids is 1. The topological polar surface area (TPSA) is 120 Å². The molecule has 0 bridgehead atoms. The Hall–Kier alpha value is -2.80. The van der Waals surface area contributed by atoms with Crippen LogP contribution in [0.1, 0.15) is 22.8 Å². The van der Waals surface area contributed by atoms with Crippen LogP contribution in [0, 0.1) is 18.3 Å². The molecule has 26 heavy (non-hydrogen) atoms. The molecule has 1 aliphatic carbocycles. The molecule has 7 nitrogen and oxygen atoms in total. The molecule has 2 aromatic rings. The van der Waals surface area contributed by atoms with E-state index in [4.69, 9.17) is 10.8 Å². The molecule has 2 fully saturated rings. The Bertz CT molecular complexity index is 966. The van der Waals surface area contributed by atoms with Gasteiger partial charge in [-0.2, -0.15) is 0 Å². The molecular weight excluding hydrogens is 334 g/mol. The number of nitrogens with zero attached hydrogens (tertiary/aromatic N) is 1. The van der Waals surface area contributed by atoms with Gasteiger partial charge in [0, 0.05) is 41.7 Å². The minimum Gasteiger partial charge on any atom is -0.506 e. The third kappa shape index (κ3) is 2.24. The summed E-state index contributed by atoms with van der Waals surface area (Å²) in [6.07, 6.45) is 0. The highest BCUT2D eigenvalue weighted by atomic mass is 16.4. The van der Waals surface area contributed by atoms with Crippen molar-refractivity contribution >= 4 is 11.7 Å². The van der Waals surface area contributed by atoms with Crippen molar-refractivity contribution in [2.24, 2.45) is 17.1 Å². The summed E-state index contributed by atoms with van der Waals surface area (Å²) in [7, 11) is 0. The van der Waals surface area contributed by atoms with E-state index >= 15 is 0 Å². The minimum atomic E-state index is -1.45. The number of piperidine rings is 1. The van der Waals surface area contributed by atoms with Crippen molar-refractivity contribution in [2.75, 3.05) is 18.0 Å². The first-order valence-corrected chi connectivity index (χ1v) is 8.54. The van der Waals surface area contributed by atoms with Gasteiger partial charge < -0.3 is 25.8 Å². The fraction of sp³-hybridized carbons (Fsp3) is 0.368. The number of hydrogen-bond acceptors (Lipinski definition) is 5. The number of aromatic amines is 1. The number of aromatic hydroxyl groups is 1. The average molecular weight is 355 g/mol. The molecule has 1 aliphatic heterocycles. The summed E-state index contributed by atoms with van der Waals surface area (Å²) in [4.78, 5) is 28.0. The maximum absolute atomic E-state index is 12.0. The normalized spacial score (nSPS) is 26.7. The molecule has 1 aromatic carbocycles. The smallest absolute Gasteiger partial charge is 0.345 e. The predicted octanol–water partition coefficient (Wildman–Crippen LogP) is 1.54. The Morgan fingerprint density at radius 2 is 2.00 bits per heavy atom. The van der Waals surface area contributed by atoms with Crippen LogP contribution in [-0.2, 0) is 0 Å². The summed E-state index contributed by atoms with van der Waals surface area (Å²) >= 11 is 0. The number of carboxylic acid groups (broad SMARTS) is 1. The van der Waals surface area contributed by atoms with Crippen molar-refractivity contribution in [1.29, 1.82) is 0 Å². The lowest BCUT2D eigenvalue weighted by Gasteiger charge is -2.23. The minimum absolute atomic E-state index is 0.207. The van der Waals surface area contributed by atoms with Gasteiger partial charge in [0.15, 0.2) is 5.56 Å². The SMILES string of the molecule is Cc1c(-c2ccc(N3C[C@H]4[C@H](N)[C@@]4(C)C3)cc2)[nH]c(=O)c(C(=O)O)c1O. The van der Waals surface area contributed by atoms with Gasteiger partial charge in [0.25, 0.3) is 5.56 Å². The van der Waals surface area contributed by atoms with Gasteiger partial charge in [-0.25, -0.2) is 4.79 Å². The number of pyridine rings is 1. The van der Waals surface area contributed by atoms with Gasteiger partial charge in [-0.05, 0) is 24.6 Å². The summed E-state index contributed by atoms with van der Waals surface area (Å²) in [6, 6.07) is 7.95. The number of nitrogens with two attached hydrogens (primary N) is 1. The van der Waals surface area contributed by atoms with E-state index in [1.54, 1.807) is 6.92 Å². The molecule has 7 heteroatoms. The second kappa shape index (κ2) is 5.35. The van der Waals surface area contributed by atoms with E-state index in [0.29, 0.717) is 28.8 Å². The summed E-state index contributed by atoms with van der Waals surface area (Å²) in [6.45, 7) is 5.68. The molecule has 136 valence electrons. The molecular formula is C19H21N3O4. The van der Waals surface area contributed by atoms with Gasteiger partial charge >= 0.3 is 5.97 Å². The monoisotopic (exact) mass is 355 g/mol. The maximum Gasteiger partial charge on any atom is 0.345 e. The highest BCUT2D eigenvalue weighted by Crippen LogP contribution is 2.56. The highest BCUT2D eigenvalue weighted by Gasteiger charge is 2.64. The first-order valence-electron chi connectivity index (χ1n) is 8.54. The number of fused-ring (bicyclic) bond motifs is 1. The molecule has 1 aromatic heterocycles. The molecule has 2 heterocycles. The van der Waals surface area contributed by atoms with E-state index in [-0.39, 0.29) is 5.41 Å². The van der Waals surface area contributed by atoms with Gasteiger partial charge in [-0.15, -0.1) is 0 Å². The Morgan fingerprint density at radius 3 is 2.54 bits per heavy atom. The van der Waals surface area contributed by atoms with E-state index in [0.717, 1.165) is 18.8 Å². The van der Waals surface area contributed by atoms with Crippen molar-refractivity contribution in [3.05, 3.63) is 45.7 Å². The number of benzene rings is 1. The molecule has 0 amide bonds. The van der Waals surface area contributed by atoms with E-state index < -0.39 is 22.8 Å². The summed E-state index contributed by atoms with van der Waals surface area (Å²) in [5.74, 6) is -1.41. The van der Waals surface area contributed by atoms with Crippen LogP contribution in [0.15, 0.2) is 29.1 Å². The zero-order chi connectivity index (χ0) is 18.8. The number of aromatic nitrogens is 1. The number of H-pyrrole nitrogens is 1. The molecule has 1 saturated carbocycles. The molecule has 0 spiro atoms. The maximum atomic E-state index is 12.0. The number of carbonyl (C=O) groups is 1. The van der Waals surface area contributed by atoms with Crippen molar-refractivity contribution in [3.63, 3.8) is 0 Å². The summed E-state index contributed by atoms with van der Waals surface area (Å²) in [5, 5.41) is 19.1. The molecule has 2 aliphatic rings. The number of rotatable bonds is 3. The van der Waals surface area contributed by atoms with Crippen LogP contribution in [-0.4, -0.2) is 40.3 Å². The van der Waals surface area contributed by atoms with Crippen LogP contribution in [0.5, 0.6) is 5.75 Å². The number of hydrogen-bond donors (Lipinski definition) is 4. The van der Waals surface area contributed by atoms with Crippen LogP contribution in [0.4, 0.5) is 5.69 Å². The van der Waals surface area contributed by atoms with Crippen LogP contribution in [0.25, 0.3) is 11.3 Å². The quantitative estimate of drug-likeness (QED) is 0.663. The van der Waals surface area contributed by atoms with Crippen LogP contribution < -0.4 is 16.2 Å². The van der Waals surface area contributed by atoms with Gasteiger partial charge in [-0.1, -0.05) is 19.1 Å². The molecule has 0 unspecified atom stereocenters. The highest BCUT2D eigenvalue weighted by molar-refractivity contribution is 5.91. The Balaban J connectivity index is 1.64. The third-order valence-electron chi connectivity index (χ3n) is 6.05. The van der Waals surface area contributed by atoms with Crippen LogP contribution >= 0.6 is 0 Å². The third-order valence-corrected chi connectivity index (χ3v) is 6.05. The lowest BCUT2D eigenvalue weighted by molar-refractivity contribution is 0.0691. The Kier molecular flexibility index (Phi) is 3.43. The standard InChI is InChI=1S/C19H21N3O4/c1-9-14(21-17(24)13(15(9)23)18(25)26)10-3-5-11(6-4-10)22-7-12-16(20)19(12,2)8-22/h3-6,12,16H,7-8,20H2,1-2H3,(H,25,26)(H2,21,23,24)/t12-,16-,19-/m0/s1. The van der Waals surface area contributed by atoms with Crippen molar-refractivity contribution in [2.45, 2.75) is 19.9 Å². The fourth-order valence-corrected chi connectivity index (χ4v) is 4.16. The Labute approximate surface area is 150 Å². The number of anilines is 1. The zero-order valence-corrected chi connectivity index (χ0v) is 14.6. The molecule has 1 saturated heterocycles. The van der Waals surface area contributed by atoms with E-state index in [9.17, 15) is 14.7 Å². The summed E-state index contributed by atoms with van der Waals surface area (Å²) < 4.78 is 0. The van der Waals surface area contributed by atoms with E-state index in [2.05, 4.69) is 16.8 Å². The van der Waals surface area contributed by atoms with E-state index in [1.165, 1.54) is 0 Å². The first kappa shape index (κ1) is 16.7. The van der Waals surface area contributed by atoms with Crippen LogP contribution in [0.3, 0.4) is 0 Å². The largest absolute Gasteiger partial charge is 0.506 e. The van der Waals surface area contributed by atoms with Gasteiger partial charge in [0.05, 0.1) is 5.69 Å². The van der Waals surface area contributed by atoms with Crippen molar-refractivity contribution in [3.8, 4) is 17.0 Å². The Morgan fingerprint density at radius 1 is 1.35 bits per heavy atom. The number of nitrogens with one attached hydrogen (secondary N) is 1. The molecule has 3 atom stereocenters. The van der Waals surface area contributed by atoms with E-state index in [1.807, 2.05) is 24.3 Å². The van der Waals surface area contributed by atoms with Gasteiger partial charge in [0.2, 0.25) is 0 Å². The fourth-order valence-electron chi connectivity index (χ4n) is 4.16. The van der Waals surface area contributed by atoms with Crippen molar-refractivity contribution in [1.82, 2.24) is 4.98 Å². The first-order chi connectivity index (χ1) is 12.2. The zero-order valence-electron chi connectivity index (χ0n) is 14.6. The van der Waals surface area contributed by atoms with Crippen LogP contribution in [0.2, 0.25) is 0 Å². The second-order valence-corrected chi connectivity index (χ2v) is 7.55. The lowest BCUT2D eigenvalue weighted by atomic mass is 10.0.